The van der Waals surface area contributed by atoms with E-state index in [2.05, 4.69) is 37.3 Å². The van der Waals surface area contributed by atoms with E-state index in [4.69, 9.17) is 5.11 Å². The van der Waals surface area contributed by atoms with E-state index < -0.39 is 5.97 Å². The van der Waals surface area contributed by atoms with Crippen LogP contribution in [0.2, 0.25) is 0 Å². The molecule has 0 atom stereocenters. The fourth-order valence-electron chi connectivity index (χ4n) is 2.54. The van der Waals surface area contributed by atoms with Gasteiger partial charge in [0.05, 0.1) is 11.3 Å². The van der Waals surface area contributed by atoms with Crippen LogP contribution in [-0.4, -0.2) is 15.5 Å². The van der Waals surface area contributed by atoms with Crippen LogP contribution in [0.25, 0.3) is 16.0 Å². The van der Waals surface area contributed by atoms with Crippen molar-refractivity contribution in [1.82, 2.24) is 4.40 Å². The van der Waals surface area contributed by atoms with Crippen molar-refractivity contribution in [2.24, 2.45) is 0 Å². The topological polar surface area (TPSA) is 41.7 Å². The zero-order valence-electron chi connectivity index (χ0n) is 11.9. The minimum atomic E-state index is -0.797. The highest BCUT2D eigenvalue weighted by Gasteiger charge is 2.10. The summed E-state index contributed by atoms with van der Waals surface area (Å²) in [6.45, 7) is 2.18. The van der Waals surface area contributed by atoms with Crippen molar-refractivity contribution in [3.8, 4) is 11.1 Å². The molecule has 0 fully saturated rings. The Labute approximate surface area is 127 Å². The van der Waals surface area contributed by atoms with Gasteiger partial charge < -0.3 is 9.51 Å². The smallest absolute Gasteiger partial charge is 0.309 e. The molecule has 0 unspecified atom stereocenters. The second-order valence-corrected chi connectivity index (χ2v) is 6.07. The largest absolute Gasteiger partial charge is 0.481 e. The van der Waals surface area contributed by atoms with Crippen LogP contribution < -0.4 is 0 Å². The molecule has 21 heavy (non-hydrogen) atoms. The number of fused-ring (bicyclic) bond motifs is 1. The molecule has 0 spiro atoms. The molecule has 3 aromatic rings. The molecule has 3 nitrogen and oxygen atoms in total. The standard InChI is InChI=1S/C17H17NO2S/c1-2-3-12-4-6-13(7-5-12)14-8-16-18(10-14)15(11-21-16)9-17(19)20/h4-8,10-11H,2-3,9H2,1H3,(H,19,20). The molecule has 1 aromatic carbocycles. The van der Waals surface area contributed by atoms with E-state index in [0.29, 0.717) is 0 Å². The third-order valence-electron chi connectivity index (χ3n) is 3.57. The summed E-state index contributed by atoms with van der Waals surface area (Å²) in [5.74, 6) is -0.797. The molecule has 2 heterocycles. The third kappa shape index (κ3) is 2.85. The summed E-state index contributed by atoms with van der Waals surface area (Å²) in [6.07, 6.45) is 4.34. The lowest BCUT2D eigenvalue weighted by molar-refractivity contribution is -0.136. The zero-order valence-corrected chi connectivity index (χ0v) is 12.7. The number of carboxylic acids is 1. The summed E-state index contributed by atoms with van der Waals surface area (Å²) in [5.41, 5.74) is 4.49. The van der Waals surface area contributed by atoms with Gasteiger partial charge >= 0.3 is 5.97 Å². The van der Waals surface area contributed by atoms with E-state index >= 15 is 0 Å². The Kier molecular flexibility index (Phi) is 3.80. The van der Waals surface area contributed by atoms with Gasteiger partial charge in [0.1, 0.15) is 0 Å². The number of aliphatic carboxylic acids is 1. The molecule has 0 radical (unpaired) electrons. The Morgan fingerprint density at radius 3 is 2.67 bits per heavy atom. The van der Waals surface area contributed by atoms with E-state index in [1.807, 2.05) is 16.0 Å². The number of hydrogen-bond donors (Lipinski definition) is 1. The summed E-state index contributed by atoms with van der Waals surface area (Å²) in [7, 11) is 0. The van der Waals surface area contributed by atoms with Crippen molar-refractivity contribution in [1.29, 1.82) is 0 Å². The first-order chi connectivity index (χ1) is 10.2. The Bertz CT molecular complexity index is 768. The molecule has 0 saturated carbocycles. The summed E-state index contributed by atoms with van der Waals surface area (Å²) in [4.78, 5) is 12.0. The van der Waals surface area contributed by atoms with Crippen LogP contribution in [0.15, 0.2) is 41.9 Å². The zero-order chi connectivity index (χ0) is 14.8. The maximum Gasteiger partial charge on any atom is 0.309 e. The van der Waals surface area contributed by atoms with Crippen LogP contribution >= 0.6 is 11.3 Å². The number of nitrogens with zero attached hydrogens (tertiary/aromatic N) is 1. The van der Waals surface area contributed by atoms with Crippen molar-refractivity contribution in [3.63, 3.8) is 0 Å². The molecule has 0 amide bonds. The molecule has 1 N–H and O–H groups in total. The van der Waals surface area contributed by atoms with Crippen LogP contribution in [0.5, 0.6) is 0 Å². The van der Waals surface area contributed by atoms with Gasteiger partial charge in [0, 0.05) is 22.8 Å². The van der Waals surface area contributed by atoms with Gasteiger partial charge in [-0.25, -0.2) is 0 Å². The lowest BCUT2D eigenvalue weighted by Gasteiger charge is -2.01. The molecule has 2 aromatic heterocycles. The third-order valence-corrected chi connectivity index (χ3v) is 4.51. The summed E-state index contributed by atoms with van der Waals surface area (Å²) in [6, 6.07) is 10.7. The van der Waals surface area contributed by atoms with Crippen molar-refractivity contribution in [2.75, 3.05) is 0 Å². The number of aromatic nitrogens is 1. The molecule has 0 aliphatic rings. The Morgan fingerprint density at radius 2 is 2.00 bits per heavy atom. The van der Waals surface area contributed by atoms with Gasteiger partial charge in [0.2, 0.25) is 0 Å². The minimum absolute atomic E-state index is 0.0591. The number of carbonyl (C=O) groups is 1. The first-order valence-corrected chi connectivity index (χ1v) is 7.95. The normalized spacial score (nSPS) is 11.1. The van der Waals surface area contributed by atoms with Crippen molar-refractivity contribution in [2.45, 2.75) is 26.2 Å². The molecular formula is C17H17NO2S. The average Bonchev–Trinajstić information content (AvgIpc) is 3.02. The van der Waals surface area contributed by atoms with Crippen molar-refractivity contribution >= 4 is 22.1 Å². The van der Waals surface area contributed by atoms with E-state index in [-0.39, 0.29) is 6.42 Å². The summed E-state index contributed by atoms with van der Waals surface area (Å²) >= 11 is 1.58. The van der Waals surface area contributed by atoms with Gasteiger partial charge in [-0.05, 0) is 23.6 Å². The van der Waals surface area contributed by atoms with Crippen molar-refractivity contribution in [3.05, 3.63) is 53.2 Å². The number of carboxylic acid groups (broad SMARTS) is 1. The van der Waals surface area contributed by atoms with E-state index in [1.54, 1.807) is 11.3 Å². The molecule has 0 aliphatic heterocycles. The molecule has 0 aliphatic carbocycles. The van der Waals surface area contributed by atoms with Gasteiger partial charge in [-0.2, -0.15) is 0 Å². The SMILES string of the molecule is CCCc1ccc(-c2cc3scc(CC(=O)O)n3c2)cc1. The fourth-order valence-corrected chi connectivity index (χ4v) is 3.47. The molecular weight excluding hydrogens is 282 g/mol. The predicted molar refractivity (Wildman–Crippen MR) is 86.0 cm³/mol. The van der Waals surface area contributed by atoms with Crippen molar-refractivity contribution < 1.29 is 9.90 Å². The summed E-state index contributed by atoms with van der Waals surface area (Å²) < 4.78 is 1.98. The van der Waals surface area contributed by atoms with Gasteiger partial charge in [0.25, 0.3) is 0 Å². The minimum Gasteiger partial charge on any atom is -0.481 e. The predicted octanol–water partition coefficient (Wildman–Crippen LogP) is 4.25. The van der Waals surface area contributed by atoms with Gasteiger partial charge in [-0.15, -0.1) is 11.3 Å². The number of hydrogen-bond acceptors (Lipinski definition) is 2. The van der Waals surface area contributed by atoms with Gasteiger partial charge in [-0.3, -0.25) is 4.79 Å². The molecule has 0 saturated heterocycles. The number of rotatable bonds is 5. The second-order valence-electron chi connectivity index (χ2n) is 5.18. The lowest BCUT2D eigenvalue weighted by atomic mass is 10.0. The van der Waals surface area contributed by atoms with Crippen LogP contribution in [0.1, 0.15) is 24.6 Å². The summed E-state index contributed by atoms with van der Waals surface area (Å²) in [5, 5.41) is 10.9. The van der Waals surface area contributed by atoms with Crippen LogP contribution in [-0.2, 0) is 17.6 Å². The Hall–Kier alpha value is -2.07. The van der Waals surface area contributed by atoms with Gasteiger partial charge in [-0.1, -0.05) is 37.6 Å². The molecule has 108 valence electrons. The van der Waals surface area contributed by atoms with E-state index in [0.717, 1.165) is 28.9 Å². The maximum atomic E-state index is 10.9. The number of thiazole rings is 1. The second kappa shape index (κ2) is 5.74. The average molecular weight is 299 g/mol. The Morgan fingerprint density at radius 1 is 1.24 bits per heavy atom. The maximum absolute atomic E-state index is 10.9. The fraction of sp³-hybridized carbons (Fsp3) is 0.235. The van der Waals surface area contributed by atoms with E-state index in [1.165, 1.54) is 11.1 Å². The van der Waals surface area contributed by atoms with Gasteiger partial charge in [0.15, 0.2) is 0 Å². The highest BCUT2D eigenvalue weighted by molar-refractivity contribution is 7.15. The van der Waals surface area contributed by atoms with E-state index in [9.17, 15) is 4.79 Å². The highest BCUT2D eigenvalue weighted by Crippen LogP contribution is 2.27. The monoisotopic (exact) mass is 299 g/mol. The van der Waals surface area contributed by atoms with Crippen LogP contribution in [0, 0.1) is 0 Å². The number of aryl methyl sites for hydroxylation is 1. The quantitative estimate of drug-likeness (QED) is 0.765. The molecule has 4 heteroatoms. The van der Waals surface area contributed by atoms with Crippen LogP contribution in [0.4, 0.5) is 0 Å². The first kappa shape index (κ1) is 13.9. The first-order valence-electron chi connectivity index (χ1n) is 7.07. The Balaban J connectivity index is 1.93. The molecule has 3 rings (SSSR count). The highest BCUT2D eigenvalue weighted by atomic mass is 32.1. The van der Waals surface area contributed by atoms with Crippen LogP contribution in [0.3, 0.4) is 0 Å². The number of benzene rings is 1. The lowest BCUT2D eigenvalue weighted by Crippen LogP contribution is -2.01. The molecule has 0 bridgehead atoms.